The van der Waals surface area contributed by atoms with E-state index in [4.69, 9.17) is 15.9 Å². The minimum absolute atomic E-state index is 0.134. The van der Waals surface area contributed by atoms with Crippen LogP contribution >= 0.6 is 0 Å². The fraction of sp³-hybridized carbons (Fsp3) is 0.385. The number of amides is 1. The molecule has 0 atom stereocenters. The Morgan fingerprint density at radius 2 is 1.95 bits per heavy atom. The number of nitro groups is 1. The number of aliphatic carboxylic acids is 1. The molecule has 116 valence electrons. The van der Waals surface area contributed by atoms with Crippen LogP contribution in [-0.4, -0.2) is 27.0 Å². The van der Waals surface area contributed by atoms with Crippen LogP contribution in [0.25, 0.3) is 0 Å². The molecule has 8 nitrogen and oxygen atoms in total. The highest BCUT2D eigenvalue weighted by atomic mass is 16.6. The summed E-state index contributed by atoms with van der Waals surface area (Å²) in [4.78, 5) is 30.0. The van der Waals surface area contributed by atoms with Crippen molar-refractivity contribution in [1.29, 1.82) is 0 Å². The Balaban J connectivity index is 0.000000433. The molecule has 1 aromatic carbocycles. The third kappa shape index (κ3) is 7.51. The van der Waals surface area contributed by atoms with E-state index < -0.39 is 22.5 Å². The van der Waals surface area contributed by atoms with E-state index in [0.29, 0.717) is 6.42 Å². The van der Waals surface area contributed by atoms with Gasteiger partial charge in [-0.05, 0) is 12.5 Å². The number of hydrogen-bond acceptors (Lipinski definition) is 5. The molecule has 0 aliphatic rings. The van der Waals surface area contributed by atoms with Crippen molar-refractivity contribution in [2.24, 2.45) is 5.73 Å². The third-order valence-electron chi connectivity index (χ3n) is 2.45. The standard InChI is InChI=1S/C7H6N2O4.C6H12O2/c8-7(11)5-2-1-4(9(12)13)3-6(5)10;1-2-3-4-5-6(7)8/h1-3,10H,(H2,8,11);2-5H2,1H3,(H,7,8). The number of hydrogen-bond donors (Lipinski definition) is 3. The second kappa shape index (κ2) is 9.29. The van der Waals surface area contributed by atoms with Crippen LogP contribution in [0.2, 0.25) is 0 Å². The number of primary amides is 1. The number of carboxylic acids is 1. The molecule has 0 bridgehead atoms. The molecule has 8 heteroatoms. The number of nitro benzene ring substituents is 1. The maximum Gasteiger partial charge on any atom is 0.303 e. The highest BCUT2D eigenvalue weighted by Gasteiger charge is 2.12. The van der Waals surface area contributed by atoms with Gasteiger partial charge in [-0.25, -0.2) is 0 Å². The predicted octanol–water partition coefficient (Wildman–Crippen LogP) is 2.05. The quantitative estimate of drug-likeness (QED) is 0.416. The first kappa shape index (κ1) is 18.4. The summed E-state index contributed by atoms with van der Waals surface area (Å²) < 4.78 is 0. The molecular formula is C13H18N2O6. The molecule has 0 fully saturated rings. The van der Waals surface area contributed by atoms with Gasteiger partial charge in [0.05, 0.1) is 16.6 Å². The number of carbonyl (C=O) groups excluding carboxylic acids is 1. The van der Waals surface area contributed by atoms with Gasteiger partial charge in [-0.2, -0.15) is 0 Å². The van der Waals surface area contributed by atoms with E-state index >= 15 is 0 Å². The van der Waals surface area contributed by atoms with E-state index in [1.165, 1.54) is 0 Å². The van der Waals surface area contributed by atoms with Gasteiger partial charge in [0.15, 0.2) is 0 Å². The van der Waals surface area contributed by atoms with Gasteiger partial charge in [-0.3, -0.25) is 19.7 Å². The number of nitrogens with two attached hydrogens (primary N) is 1. The number of aromatic hydroxyl groups is 1. The summed E-state index contributed by atoms with van der Waals surface area (Å²) in [5.74, 6) is -1.99. The van der Waals surface area contributed by atoms with Gasteiger partial charge in [0, 0.05) is 12.5 Å². The van der Waals surface area contributed by atoms with Crippen LogP contribution in [-0.2, 0) is 4.79 Å². The zero-order chi connectivity index (χ0) is 16.4. The highest BCUT2D eigenvalue weighted by molar-refractivity contribution is 5.95. The molecule has 0 aliphatic carbocycles. The average molecular weight is 298 g/mol. The maximum atomic E-state index is 10.6. The molecule has 21 heavy (non-hydrogen) atoms. The largest absolute Gasteiger partial charge is 0.507 e. The molecule has 1 aromatic rings. The number of rotatable bonds is 6. The molecule has 0 heterocycles. The van der Waals surface area contributed by atoms with E-state index in [-0.39, 0.29) is 11.3 Å². The number of carbonyl (C=O) groups is 2. The first-order valence-corrected chi connectivity index (χ1v) is 6.28. The van der Waals surface area contributed by atoms with Gasteiger partial charge in [0.25, 0.3) is 11.6 Å². The monoisotopic (exact) mass is 298 g/mol. The summed E-state index contributed by atoms with van der Waals surface area (Å²) in [5, 5.41) is 27.5. The van der Waals surface area contributed by atoms with Crippen LogP contribution < -0.4 is 5.73 Å². The molecule has 0 unspecified atom stereocenters. The SMILES string of the molecule is CCCCCC(=O)O.NC(=O)c1ccc([N+](=O)[O-])cc1O. The van der Waals surface area contributed by atoms with Gasteiger partial charge in [-0.15, -0.1) is 0 Å². The lowest BCUT2D eigenvalue weighted by Crippen LogP contribution is -2.10. The topological polar surface area (TPSA) is 144 Å². The summed E-state index contributed by atoms with van der Waals surface area (Å²) in [6.45, 7) is 2.06. The number of phenols is 1. The van der Waals surface area contributed by atoms with Crippen molar-refractivity contribution in [3.05, 3.63) is 33.9 Å². The summed E-state index contributed by atoms with van der Waals surface area (Å²) in [6, 6.07) is 3.08. The summed E-state index contributed by atoms with van der Waals surface area (Å²) in [7, 11) is 0. The molecule has 1 rings (SSSR count). The lowest BCUT2D eigenvalue weighted by Gasteiger charge is -1.98. The van der Waals surface area contributed by atoms with Crippen molar-refractivity contribution in [1.82, 2.24) is 0 Å². The van der Waals surface area contributed by atoms with Crippen molar-refractivity contribution in [3.63, 3.8) is 0 Å². The zero-order valence-corrected chi connectivity index (χ0v) is 11.6. The molecule has 0 saturated heterocycles. The van der Waals surface area contributed by atoms with Gasteiger partial charge in [-0.1, -0.05) is 19.8 Å². The molecule has 4 N–H and O–H groups in total. The van der Waals surface area contributed by atoms with Crippen molar-refractivity contribution in [3.8, 4) is 5.75 Å². The molecule has 0 aliphatic heterocycles. The molecule has 0 saturated carbocycles. The Kier molecular flexibility index (Phi) is 8.13. The molecule has 0 spiro atoms. The fourth-order valence-electron chi connectivity index (χ4n) is 1.37. The number of carboxylic acid groups (broad SMARTS) is 1. The van der Waals surface area contributed by atoms with Crippen molar-refractivity contribution in [2.75, 3.05) is 0 Å². The minimum atomic E-state index is -0.826. The second-order valence-corrected chi connectivity index (χ2v) is 4.17. The maximum absolute atomic E-state index is 10.6. The lowest BCUT2D eigenvalue weighted by atomic mass is 10.2. The smallest absolute Gasteiger partial charge is 0.303 e. The Morgan fingerprint density at radius 1 is 1.33 bits per heavy atom. The van der Waals surface area contributed by atoms with Crippen molar-refractivity contribution >= 4 is 17.6 Å². The number of nitrogens with zero attached hydrogens (tertiary/aromatic N) is 1. The second-order valence-electron chi connectivity index (χ2n) is 4.17. The normalized spacial score (nSPS) is 9.38. The molecular weight excluding hydrogens is 280 g/mol. The Hall–Kier alpha value is -2.64. The highest BCUT2D eigenvalue weighted by Crippen LogP contribution is 2.22. The summed E-state index contributed by atoms with van der Waals surface area (Å²) in [6.07, 6.45) is 3.28. The first-order valence-electron chi connectivity index (χ1n) is 6.28. The average Bonchev–Trinajstić information content (AvgIpc) is 2.38. The Morgan fingerprint density at radius 3 is 2.33 bits per heavy atom. The predicted molar refractivity (Wildman–Crippen MR) is 75.1 cm³/mol. The van der Waals surface area contributed by atoms with E-state index in [1.807, 2.05) is 0 Å². The van der Waals surface area contributed by atoms with Crippen LogP contribution in [0.4, 0.5) is 5.69 Å². The molecule has 0 aromatic heterocycles. The van der Waals surface area contributed by atoms with E-state index in [1.54, 1.807) is 0 Å². The number of non-ortho nitro benzene ring substituents is 1. The van der Waals surface area contributed by atoms with Crippen LogP contribution in [0.1, 0.15) is 43.0 Å². The minimum Gasteiger partial charge on any atom is -0.507 e. The van der Waals surface area contributed by atoms with E-state index in [9.17, 15) is 19.7 Å². The van der Waals surface area contributed by atoms with Gasteiger partial charge in [0.1, 0.15) is 5.75 Å². The zero-order valence-electron chi connectivity index (χ0n) is 11.6. The van der Waals surface area contributed by atoms with Crippen LogP contribution in [0.5, 0.6) is 5.75 Å². The van der Waals surface area contributed by atoms with Crippen molar-refractivity contribution < 1.29 is 24.7 Å². The Bertz CT molecular complexity index is 515. The third-order valence-corrected chi connectivity index (χ3v) is 2.45. The fourth-order valence-corrected chi connectivity index (χ4v) is 1.37. The van der Waals surface area contributed by atoms with Gasteiger partial charge >= 0.3 is 5.97 Å². The van der Waals surface area contributed by atoms with Crippen LogP contribution in [0.3, 0.4) is 0 Å². The van der Waals surface area contributed by atoms with E-state index in [0.717, 1.165) is 37.5 Å². The van der Waals surface area contributed by atoms with Crippen molar-refractivity contribution in [2.45, 2.75) is 32.6 Å². The number of benzene rings is 1. The van der Waals surface area contributed by atoms with Crippen LogP contribution in [0.15, 0.2) is 18.2 Å². The summed E-state index contributed by atoms with van der Waals surface area (Å²) in [5.41, 5.74) is 4.45. The van der Waals surface area contributed by atoms with Crippen LogP contribution in [0, 0.1) is 10.1 Å². The Labute approximate surface area is 121 Å². The van der Waals surface area contributed by atoms with E-state index in [2.05, 4.69) is 6.92 Å². The summed E-state index contributed by atoms with van der Waals surface area (Å²) >= 11 is 0. The molecule has 1 amide bonds. The number of unbranched alkanes of at least 4 members (excludes halogenated alkanes) is 2. The molecule has 0 radical (unpaired) electrons. The first-order chi connectivity index (χ1) is 9.79. The lowest BCUT2D eigenvalue weighted by molar-refractivity contribution is -0.384. The van der Waals surface area contributed by atoms with Gasteiger partial charge < -0.3 is 15.9 Å². The van der Waals surface area contributed by atoms with Gasteiger partial charge in [0.2, 0.25) is 0 Å².